The van der Waals surface area contributed by atoms with Crippen molar-refractivity contribution in [3.05, 3.63) is 36.5 Å². The van der Waals surface area contributed by atoms with Crippen LogP contribution in [0.15, 0.2) is 36.5 Å². The Balaban J connectivity index is 1.56. The third kappa shape index (κ3) is 35.8. The highest BCUT2D eigenvalue weighted by Gasteiger charge is 2.51. The first kappa shape index (κ1) is 73.3. The summed E-state index contributed by atoms with van der Waals surface area (Å²) in [5, 5.41) is 86.9. The molecule has 0 spiro atoms. The second-order valence-electron chi connectivity index (χ2n) is 23.2. The normalized spacial score (nSPS) is 24.6. The van der Waals surface area contributed by atoms with Crippen molar-refractivity contribution in [2.45, 2.75) is 351 Å². The molecule has 2 fully saturated rings. The van der Waals surface area contributed by atoms with Crippen molar-refractivity contribution in [2.24, 2.45) is 0 Å². The lowest BCUT2D eigenvalue weighted by molar-refractivity contribution is -0.359. The third-order valence-corrected chi connectivity index (χ3v) is 16.1. The smallest absolute Gasteiger partial charge is 0.220 e. The van der Waals surface area contributed by atoms with Crippen LogP contribution in [0.3, 0.4) is 0 Å². The molecule has 0 radical (unpaired) electrons. The Morgan fingerprint density at radius 1 is 0.456 bits per heavy atom. The predicted molar refractivity (Wildman–Crippen MR) is 318 cm³/mol. The van der Waals surface area contributed by atoms with Gasteiger partial charge in [-0.2, -0.15) is 0 Å². The van der Waals surface area contributed by atoms with E-state index in [4.69, 9.17) is 18.9 Å². The van der Waals surface area contributed by atoms with Crippen molar-refractivity contribution >= 4 is 5.91 Å². The number of allylic oxidation sites excluding steroid dienone is 5. The van der Waals surface area contributed by atoms with Gasteiger partial charge in [0.1, 0.15) is 48.8 Å². The van der Waals surface area contributed by atoms with Gasteiger partial charge in [-0.1, -0.05) is 269 Å². The zero-order chi connectivity index (χ0) is 57.4. The average molecular weight is 1120 g/mol. The second-order valence-corrected chi connectivity index (χ2v) is 23.2. The van der Waals surface area contributed by atoms with Gasteiger partial charge in [-0.25, -0.2) is 0 Å². The molecule has 0 aromatic rings. The number of hydrogen-bond donors (Lipinski definition) is 9. The van der Waals surface area contributed by atoms with Crippen LogP contribution in [0, 0.1) is 0 Å². The molecule has 0 aromatic heterocycles. The predicted octanol–water partition coefficient (Wildman–Crippen LogP) is 12.2. The molecule has 0 saturated carbocycles. The number of nitrogens with one attached hydrogen (secondary N) is 1. The first-order valence-electron chi connectivity index (χ1n) is 32.7. The largest absolute Gasteiger partial charge is 0.394 e. The summed E-state index contributed by atoms with van der Waals surface area (Å²) in [6.07, 6.45) is 46.9. The molecule has 1 amide bonds. The van der Waals surface area contributed by atoms with Crippen LogP contribution in [0.1, 0.15) is 277 Å². The molecule has 0 aromatic carbocycles. The van der Waals surface area contributed by atoms with E-state index < -0.39 is 86.8 Å². The van der Waals surface area contributed by atoms with E-state index in [0.717, 1.165) is 44.9 Å². The number of aliphatic hydroxyl groups is 8. The monoisotopic (exact) mass is 1120 g/mol. The van der Waals surface area contributed by atoms with E-state index in [1.54, 1.807) is 6.08 Å². The number of amides is 1. The van der Waals surface area contributed by atoms with Gasteiger partial charge in [0.15, 0.2) is 12.6 Å². The van der Waals surface area contributed by atoms with Crippen LogP contribution in [0.25, 0.3) is 0 Å². The summed E-state index contributed by atoms with van der Waals surface area (Å²) < 4.78 is 22.7. The Bertz CT molecular complexity index is 1460. The second kappa shape index (κ2) is 50.7. The van der Waals surface area contributed by atoms with Gasteiger partial charge in [-0.3, -0.25) is 4.79 Å². The van der Waals surface area contributed by atoms with Crippen molar-refractivity contribution in [3.8, 4) is 0 Å². The molecule has 464 valence electrons. The zero-order valence-corrected chi connectivity index (χ0v) is 50.1. The van der Waals surface area contributed by atoms with Crippen LogP contribution in [0.2, 0.25) is 0 Å². The molecule has 2 aliphatic rings. The summed E-state index contributed by atoms with van der Waals surface area (Å²) in [5.41, 5.74) is 0. The first-order valence-corrected chi connectivity index (χ1v) is 32.7. The molecule has 79 heavy (non-hydrogen) atoms. The zero-order valence-electron chi connectivity index (χ0n) is 50.1. The Morgan fingerprint density at radius 2 is 0.823 bits per heavy atom. The van der Waals surface area contributed by atoms with Crippen LogP contribution in [-0.4, -0.2) is 140 Å². The Morgan fingerprint density at radius 3 is 1.23 bits per heavy atom. The highest BCUT2D eigenvalue weighted by atomic mass is 16.7. The van der Waals surface area contributed by atoms with Gasteiger partial charge < -0.3 is 65.1 Å². The van der Waals surface area contributed by atoms with E-state index in [9.17, 15) is 45.6 Å². The Kier molecular flexibility index (Phi) is 47.0. The van der Waals surface area contributed by atoms with Crippen molar-refractivity contribution in [3.63, 3.8) is 0 Å². The van der Waals surface area contributed by atoms with Gasteiger partial charge in [0.2, 0.25) is 5.91 Å². The average Bonchev–Trinajstić information content (AvgIpc) is 3.48. The third-order valence-electron chi connectivity index (χ3n) is 16.1. The van der Waals surface area contributed by atoms with Crippen molar-refractivity contribution in [1.82, 2.24) is 5.32 Å². The summed E-state index contributed by atoms with van der Waals surface area (Å²) in [6.45, 7) is 2.66. The van der Waals surface area contributed by atoms with Gasteiger partial charge >= 0.3 is 0 Å². The Hall–Kier alpha value is -1.79. The molecule has 14 nitrogen and oxygen atoms in total. The van der Waals surface area contributed by atoms with Crippen molar-refractivity contribution < 1.29 is 64.6 Å². The molecule has 12 unspecified atom stereocenters. The molecule has 0 aliphatic carbocycles. The summed E-state index contributed by atoms with van der Waals surface area (Å²) in [4.78, 5) is 13.2. The van der Waals surface area contributed by atoms with Gasteiger partial charge in [0, 0.05) is 6.42 Å². The number of aliphatic hydroxyl groups excluding tert-OH is 8. The molecule has 14 heteroatoms. The van der Waals surface area contributed by atoms with Crippen LogP contribution in [-0.2, 0) is 23.7 Å². The van der Waals surface area contributed by atoms with E-state index in [0.29, 0.717) is 12.8 Å². The van der Waals surface area contributed by atoms with Crippen LogP contribution in [0.5, 0.6) is 0 Å². The van der Waals surface area contributed by atoms with Gasteiger partial charge in [0.05, 0.1) is 32.0 Å². The quantitative estimate of drug-likeness (QED) is 0.0204. The maximum Gasteiger partial charge on any atom is 0.220 e. The standard InChI is InChI=1S/C65H121NO13/c1-3-5-7-9-11-13-15-16-17-18-19-20-21-22-23-24-25-26-27-28-29-30-31-32-33-34-35-36-37-38-39-41-43-45-47-49-57(70)66-53(54(69)48-46-44-42-40-14-12-10-8-6-4-2)52-76-64-62(75)60(73)63(56(51-68)78-64)79-65-61(74)59(72)58(71)55(50-67)77-65/h6,8,14,40,46,48,53-56,58-65,67-69,71-75H,3-5,7,9-13,15-39,41-45,47,49-52H2,1-2H3,(H,66,70)/b8-6+,40-14+,48-46+. The van der Waals surface area contributed by atoms with Crippen LogP contribution >= 0.6 is 0 Å². The fourth-order valence-corrected chi connectivity index (χ4v) is 10.9. The Labute approximate surface area is 481 Å². The van der Waals surface area contributed by atoms with Crippen molar-refractivity contribution in [1.29, 1.82) is 0 Å². The number of ether oxygens (including phenoxy) is 4. The van der Waals surface area contributed by atoms with Crippen LogP contribution in [0.4, 0.5) is 0 Å². The maximum atomic E-state index is 13.2. The van der Waals surface area contributed by atoms with E-state index in [1.165, 1.54) is 199 Å². The topological polar surface area (TPSA) is 228 Å². The maximum absolute atomic E-state index is 13.2. The van der Waals surface area contributed by atoms with E-state index in [1.807, 2.05) is 6.08 Å². The molecule has 2 aliphatic heterocycles. The highest BCUT2D eigenvalue weighted by Crippen LogP contribution is 2.30. The summed E-state index contributed by atoms with van der Waals surface area (Å²) >= 11 is 0. The van der Waals surface area contributed by atoms with E-state index >= 15 is 0 Å². The number of rotatable bonds is 53. The van der Waals surface area contributed by atoms with Gasteiger partial charge in [0.25, 0.3) is 0 Å². The molecule has 9 N–H and O–H groups in total. The first-order chi connectivity index (χ1) is 38.6. The number of unbranched alkanes of at least 4 members (excludes halogenated alkanes) is 36. The minimum atomic E-state index is -1.79. The van der Waals surface area contributed by atoms with Crippen molar-refractivity contribution in [2.75, 3.05) is 19.8 Å². The summed E-state index contributed by atoms with van der Waals surface area (Å²) in [6, 6.07) is -0.934. The molecule has 2 rings (SSSR count). The molecule has 12 atom stereocenters. The molecular formula is C65H121NO13. The molecule has 0 bridgehead atoms. The lowest BCUT2D eigenvalue weighted by atomic mass is 9.97. The van der Waals surface area contributed by atoms with Gasteiger partial charge in [-0.05, 0) is 38.5 Å². The minimum absolute atomic E-state index is 0.251. The molecule has 2 saturated heterocycles. The minimum Gasteiger partial charge on any atom is -0.394 e. The van der Waals surface area contributed by atoms with Gasteiger partial charge in [-0.15, -0.1) is 0 Å². The van der Waals surface area contributed by atoms with Crippen LogP contribution < -0.4 is 5.32 Å². The summed E-state index contributed by atoms with van der Waals surface area (Å²) in [7, 11) is 0. The summed E-state index contributed by atoms with van der Waals surface area (Å²) in [5.74, 6) is -0.251. The lowest BCUT2D eigenvalue weighted by Gasteiger charge is -2.46. The number of carbonyl (C=O) groups is 1. The fourth-order valence-electron chi connectivity index (χ4n) is 10.9. The number of hydrogen-bond acceptors (Lipinski definition) is 13. The number of carbonyl (C=O) groups excluding carboxylic acids is 1. The fraction of sp³-hybridized carbons (Fsp3) is 0.892. The molecule has 2 heterocycles. The highest BCUT2D eigenvalue weighted by molar-refractivity contribution is 5.76. The molecular weight excluding hydrogens is 1000 g/mol. The van der Waals surface area contributed by atoms with E-state index in [-0.39, 0.29) is 18.9 Å². The van der Waals surface area contributed by atoms with E-state index in [2.05, 4.69) is 43.5 Å². The lowest BCUT2D eigenvalue weighted by Crippen LogP contribution is -2.65. The SMILES string of the molecule is CC/C=C/CC/C=C/CC/C=C/C(O)C(COC1OC(CO)C(OC2OC(CO)C(O)C(O)C2O)C(O)C1O)NC(=O)CCCCCCCCCCCCCCCCCCCCCCCCCCCCCCCCCCCCC.